The van der Waals surface area contributed by atoms with E-state index >= 15 is 0 Å². The van der Waals surface area contributed by atoms with Crippen LogP contribution in [0.5, 0.6) is 0 Å². The van der Waals surface area contributed by atoms with Crippen molar-refractivity contribution < 1.29 is 4.42 Å². The van der Waals surface area contributed by atoms with Crippen LogP contribution in [0.2, 0.25) is 0 Å². The van der Waals surface area contributed by atoms with Gasteiger partial charge in [0, 0.05) is 53.9 Å². The fourth-order valence-corrected chi connectivity index (χ4v) is 10.0. The van der Waals surface area contributed by atoms with Gasteiger partial charge in [0.25, 0.3) is 0 Å². The van der Waals surface area contributed by atoms with E-state index in [1.807, 2.05) is 54.6 Å². The average molecular weight is 825 g/mol. The van der Waals surface area contributed by atoms with Crippen LogP contribution >= 0.6 is 11.3 Å². The molecular formula is C55H32N6OS. The zero-order chi connectivity index (χ0) is 41.4. The van der Waals surface area contributed by atoms with E-state index in [1.165, 1.54) is 10.3 Å². The lowest BCUT2D eigenvalue weighted by Gasteiger charge is -2.11. The second-order valence-electron chi connectivity index (χ2n) is 15.7. The fraction of sp³-hybridized carbons (Fsp3) is 0. The van der Waals surface area contributed by atoms with E-state index in [2.05, 4.69) is 144 Å². The molecule has 0 aliphatic heterocycles. The number of benzene rings is 8. The van der Waals surface area contributed by atoms with Crippen LogP contribution in [0.15, 0.2) is 199 Å². The van der Waals surface area contributed by atoms with Crippen molar-refractivity contribution in [3.8, 4) is 62.5 Å². The first-order chi connectivity index (χ1) is 31.2. The van der Waals surface area contributed by atoms with Crippen molar-refractivity contribution in [3.05, 3.63) is 194 Å². The fourth-order valence-electron chi connectivity index (χ4n) is 8.88. The summed E-state index contributed by atoms with van der Waals surface area (Å²) >= 11 is 1.73. The lowest BCUT2D eigenvalue weighted by atomic mass is 10.0. The third kappa shape index (κ3) is 5.84. The summed E-state index contributed by atoms with van der Waals surface area (Å²) in [7, 11) is 0. The van der Waals surface area contributed by atoms with E-state index in [9.17, 15) is 0 Å². The third-order valence-electron chi connectivity index (χ3n) is 11.9. The Labute approximate surface area is 364 Å². The Kier molecular flexibility index (Phi) is 7.94. The summed E-state index contributed by atoms with van der Waals surface area (Å²) in [4.78, 5) is 25.9. The summed E-state index contributed by atoms with van der Waals surface area (Å²) in [5.41, 5.74) is 11.5. The molecule has 0 saturated heterocycles. The number of nitrogens with zero attached hydrogens (tertiary/aromatic N) is 6. The van der Waals surface area contributed by atoms with Gasteiger partial charge in [-0.05, 0) is 65.7 Å². The molecule has 0 unspecified atom stereocenters. The van der Waals surface area contributed by atoms with Gasteiger partial charge in [0.05, 0.1) is 26.9 Å². The molecule has 0 saturated carbocycles. The number of para-hydroxylation sites is 1. The van der Waals surface area contributed by atoms with Crippen LogP contribution in [0.3, 0.4) is 0 Å². The summed E-state index contributed by atoms with van der Waals surface area (Å²) in [6.07, 6.45) is 0. The van der Waals surface area contributed by atoms with Crippen molar-refractivity contribution >= 4 is 75.4 Å². The van der Waals surface area contributed by atoms with Crippen LogP contribution < -0.4 is 0 Å². The molecule has 8 aromatic carbocycles. The molecule has 8 heteroatoms. The van der Waals surface area contributed by atoms with Crippen molar-refractivity contribution in [2.75, 3.05) is 0 Å². The predicted molar refractivity (Wildman–Crippen MR) is 257 cm³/mol. The molecule has 294 valence electrons. The molecule has 0 radical (unpaired) electrons. The third-order valence-corrected chi connectivity index (χ3v) is 13.1. The van der Waals surface area contributed by atoms with Gasteiger partial charge in [-0.1, -0.05) is 140 Å². The number of aromatic nitrogens is 6. The minimum Gasteiger partial charge on any atom is -0.456 e. The van der Waals surface area contributed by atoms with E-state index in [0.29, 0.717) is 23.4 Å². The molecule has 13 aromatic rings. The molecule has 63 heavy (non-hydrogen) atoms. The van der Waals surface area contributed by atoms with Crippen LogP contribution in [-0.2, 0) is 0 Å². The van der Waals surface area contributed by atoms with Crippen molar-refractivity contribution in [1.29, 1.82) is 0 Å². The van der Waals surface area contributed by atoms with Crippen LogP contribution in [-0.4, -0.2) is 29.5 Å². The SMILES string of the molecule is c1ccc(-c2ccc3c(c2)c2ccccc2n3-c2nc(-c3ccccc3)nc(-c3ccc4oc5cc(-c6nc(-c7ccccc7)c7sc8ccccc8c7n6)ccc5c4c3)n2)cc1. The van der Waals surface area contributed by atoms with E-state index in [0.717, 1.165) is 92.9 Å². The standard InChI is InChI=1S/C55H32N6OS/c1-4-14-33(15-5-1)36-25-28-45-42(30-36)39-20-10-12-22-44(39)61(45)55-59-52(35-18-8-3-9-19-35)58-54(60-55)37-26-29-46-43(31-37)40-27-24-38(32-47(40)62-46)53-56-49(34-16-6-2-7-17-34)51-50(57-53)41-21-11-13-23-48(41)63-51/h1-32H. The first-order valence-corrected chi connectivity index (χ1v) is 21.6. The highest BCUT2D eigenvalue weighted by molar-refractivity contribution is 7.26. The van der Waals surface area contributed by atoms with Gasteiger partial charge in [0.15, 0.2) is 17.5 Å². The van der Waals surface area contributed by atoms with Gasteiger partial charge in [0.1, 0.15) is 11.2 Å². The molecule has 0 aliphatic carbocycles. The highest BCUT2D eigenvalue weighted by atomic mass is 32.1. The lowest BCUT2D eigenvalue weighted by Crippen LogP contribution is -2.06. The Morgan fingerprint density at radius 2 is 0.968 bits per heavy atom. The Hall–Kier alpha value is -8.33. The van der Waals surface area contributed by atoms with Gasteiger partial charge in [-0.2, -0.15) is 9.97 Å². The molecule has 0 N–H and O–H groups in total. The zero-order valence-corrected chi connectivity index (χ0v) is 34.3. The Morgan fingerprint density at radius 3 is 1.78 bits per heavy atom. The maximum absolute atomic E-state index is 6.57. The van der Waals surface area contributed by atoms with Crippen LogP contribution in [0.1, 0.15) is 0 Å². The second kappa shape index (κ2) is 14.1. The second-order valence-corrected chi connectivity index (χ2v) is 16.7. The molecule has 13 rings (SSSR count). The summed E-state index contributed by atoms with van der Waals surface area (Å²) in [5.74, 6) is 2.36. The Balaban J connectivity index is 0.958. The van der Waals surface area contributed by atoms with E-state index in [-0.39, 0.29) is 0 Å². The molecule has 5 heterocycles. The number of hydrogen-bond donors (Lipinski definition) is 0. The minimum absolute atomic E-state index is 0.546. The molecule has 0 amide bonds. The number of thiophene rings is 1. The van der Waals surface area contributed by atoms with Crippen LogP contribution in [0.4, 0.5) is 0 Å². The largest absolute Gasteiger partial charge is 0.456 e. The van der Waals surface area contributed by atoms with Crippen molar-refractivity contribution in [2.24, 2.45) is 0 Å². The predicted octanol–water partition coefficient (Wildman–Crippen LogP) is 14.4. The van der Waals surface area contributed by atoms with Gasteiger partial charge in [-0.15, -0.1) is 11.3 Å². The first kappa shape index (κ1) is 35.4. The van der Waals surface area contributed by atoms with Gasteiger partial charge < -0.3 is 4.42 Å². The summed E-state index contributed by atoms with van der Waals surface area (Å²) in [6.45, 7) is 0. The smallest absolute Gasteiger partial charge is 0.238 e. The van der Waals surface area contributed by atoms with Crippen molar-refractivity contribution in [2.45, 2.75) is 0 Å². The molecule has 0 bridgehead atoms. The molecular weight excluding hydrogens is 793 g/mol. The highest BCUT2D eigenvalue weighted by Crippen LogP contribution is 2.41. The molecule has 0 spiro atoms. The van der Waals surface area contributed by atoms with Crippen LogP contribution in [0.25, 0.3) is 127 Å². The lowest BCUT2D eigenvalue weighted by molar-refractivity contribution is 0.669. The normalized spacial score (nSPS) is 11.8. The highest BCUT2D eigenvalue weighted by Gasteiger charge is 2.21. The number of fused-ring (bicyclic) bond motifs is 9. The van der Waals surface area contributed by atoms with Gasteiger partial charge in [-0.3, -0.25) is 4.57 Å². The van der Waals surface area contributed by atoms with Crippen molar-refractivity contribution in [3.63, 3.8) is 0 Å². The topological polar surface area (TPSA) is 82.5 Å². The molecule has 5 aromatic heterocycles. The van der Waals surface area contributed by atoms with Gasteiger partial charge >= 0.3 is 0 Å². The van der Waals surface area contributed by atoms with Gasteiger partial charge in [0.2, 0.25) is 5.95 Å². The Morgan fingerprint density at radius 1 is 0.365 bits per heavy atom. The molecule has 0 aliphatic rings. The number of rotatable bonds is 6. The molecule has 7 nitrogen and oxygen atoms in total. The zero-order valence-electron chi connectivity index (χ0n) is 33.5. The molecule has 0 fully saturated rings. The quantitative estimate of drug-likeness (QED) is 0.166. The number of furan rings is 1. The Bertz CT molecular complexity index is 3910. The minimum atomic E-state index is 0.546. The summed E-state index contributed by atoms with van der Waals surface area (Å²) in [5, 5.41) is 5.33. The van der Waals surface area contributed by atoms with E-state index in [1.54, 1.807) is 11.3 Å². The first-order valence-electron chi connectivity index (χ1n) is 20.8. The molecule has 0 atom stereocenters. The summed E-state index contributed by atoms with van der Waals surface area (Å²) in [6, 6.07) is 66.9. The monoisotopic (exact) mass is 824 g/mol. The van der Waals surface area contributed by atoms with Crippen molar-refractivity contribution in [1.82, 2.24) is 29.5 Å². The maximum atomic E-state index is 6.57. The number of hydrogen-bond acceptors (Lipinski definition) is 7. The van der Waals surface area contributed by atoms with E-state index < -0.39 is 0 Å². The van der Waals surface area contributed by atoms with Crippen LogP contribution in [0, 0.1) is 0 Å². The van der Waals surface area contributed by atoms with E-state index in [4.69, 9.17) is 29.3 Å². The van der Waals surface area contributed by atoms with Gasteiger partial charge in [-0.25, -0.2) is 15.0 Å². The maximum Gasteiger partial charge on any atom is 0.238 e. The summed E-state index contributed by atoms with van der Waals surface area (Å²) < 4.78 is 11.0. The average Bonchev–Trinajstić information content (AvgIpc) is 4.03.